The van der Waals surface area contributed by atoms with E-state index in [-0.39, 0.29) is 11.9 Å². The number of phenols is 1. The Morgan fingerprint density at radius 2 is 2.00 bits per heavy atom. The predicted molar refractivity (Wildman–Crippen MR) is 57.8 cm³/mol. The number of aromatic hydroxyl groups is 1. The third kappa shape index (κ3) is 3.56. The van der Waals surface area contributed by atoms with Crippen LogP contribution in [0.15, 0.2) is 24.3 Å². The van der Waals surface area contributed by atoms with Crippen molar-refractivity contribution in [3.63, 3.8) is 0 Å². The first-order valence-electron chi connectivity index (χ1n) is 4.70. The zero-order chi connectivity index (χ0) is 10.4. The van der Waals surface area contributed by atoms with E-state index < -0.39 is 0 Å². The van der Waals surface area contributed by atoms with Gasteiger partial charge in [-0.2, -0.15) is 0 Å². The summed E-state index contributed by atoms with van der Waals surface area (Å²) in [5, 5.41) is 9.09. The summed E-state index contributed by atoms with van der Waals surface area (Å²) in [5.41, 5.74) is 1.07. The van der Waals surface area contributed by atoms with Crippen molar-refractivity contribution in [2.45, 2.75) is 19.4 Å². The molecule has 0 aliphatic rings. The summed E-state index contributed by atoms with van der Waals surface area (Å²) < 4.78 is 5.54. The molecule has 0 aliphatic carbocycles. The van der Waals surface area contributed by atoms with Crippen LogP contribution in [0.5, 0.6) is 5.75 Å². The van der Waals surface area contributed by atoms with Crippen LogP contribution in [-0.2, 0) is 4.74 Å². The van der Waals surface area contributed by atoms with Gasteiger partial charge >= 0.3 is 0 Å². The number of ether oxygens (including phenoxy) is 1. The molecule has 14 heavy (non-hydrogen) atoms. The van der Waals surface area contributed by atoms with Gasteiger partial charge in [-0.25, -0.2) is 0 Å². The van der Waals surface area contributed by atoms with Gasteiger partial charge in [0, 0.05) is 12.5 Å². The lowest BCUT2D eigenvalue weighted by Crippen LogP contribution is -2.01. The molecule has 0 radical (unpaired) electrons. The fraction of sp³-hybridized carbons (Fsp3) is 0.455. The Balaban J connectivity index is 2.43. The molecule has 1 aromatic rings. The number of phenolic OH excluding ortho intramolecular Hbond substituents is 1. The number of benzene rings is 1. The summed E-state index contributed by atoms with van der Waals surface area (Å²) in [6.07, 6.45) is 0.920. The SMILES string of the molecule is CC(OCCCCl)c1ccc(O)cc1. The first-order valence-corrected chi connectivity index (χ1v) is 5.24. The average molecular weight is 215 g/mol. The molecule has 1 rings (SSSR count). The average Bonchev–Trinajstić information content (AvgIpc) is 2.19. The minimum Gasteiger partial charge on any atom is -0.508 e. The highest BCUT2D eigenvalue weighted by molar-refractivity contribution is 6.17. The monoisotopic (exact) mass is 214 g/mol. The standard InChI is InChI=1S/C11H15ClO2/c1-9(14-8-2-7-12)10-3-5-11(13)6-4-10/h3-6,9,13H,2,7-8H2,1H3. The second-order valence-electron chi connectivity index (χ2n) is 3.15. The Hall–Kier alpha value is -0.730. The second kappa shape index (κ2) is 5.89. The van der Waals surface area contributed by atoms with Crippen molar-refractivity contribution in [3.05, 3.63) is 29.8 Å². The van der Waals surface area contributed by atoms with E-state index in [9.17, 15) is 0 Å². The van der Waals surface area contributed by atoms with Gasteiger partial charge in [-0.1, -0.05) is 12.1 Å². The zero-order valence-corrected chi connectivity index (χ0v) is 9.00. The molecule has 1 atom stereocenters. The predicted octanol–water partition coefficient (Wildman–Crippen LogP) is 3.10. The third-order valence-corrected chi connectivity index (χ3v) is 2.28. The molecule has 0 fully saturated rings. The number of rotatable bonds is 5. The van der Waals surface area contributed by atoms with E-state index >= 15 is 0 Å². The van der Waals surface area contributed by atoms with Crippen molar-refractivity contribution in [2.24, 2.45) is 0 Å². The molecule has 78 valence electrons. The van der Waals surface area contributed by atoms with E-state index in [1.54, 1.807) is 12.1 Å². The molecule has 1 unspecified atom stereocenters. The Morgan fingerprint density at radius 3 is 2.57 bits per heavy atom. The van der Waals surface area contributed by atoms with Gasteiger partial charge in [-0.3, -0.25) is 0 Å². The second-order valence-corrected chi connectivity index (χ2v) is 3.53. The smallest absolute Gasteiger partial charge is 0.115 e. The van der Waals surface area contributed by atoms with Crippen LogP contribution in [0.2, 0.25) is 0 Å². The molecule has 0 heterocycles. The molecular formula is C11H15ClO2. The molecule has 2 nitrogen and oxygen atoms in total. The van der Waals surface area contributed by atoms with Crippen molar-refractivity contribution >= 4 is 11.6 Å². The minimum absolute atomic E-state index is 0.0545. The third-order valence-electron chi connectivity index (χ3n) is 2.01. The molecule has 0 amide bonds. The first kappa shape index (κ1) is 11.3. The van der Waals surface area contributed by atoms with Crippen LogP contribution in [0.25, 0.3) is 0 Å². The summed E-state index contributed by atoms with van der Waals surface area (Å²) >= 11 is 5.54. The maximum atomic E-state index is 9.09. The Labute approximate surface area is 89.5 Å². The first-order chi connectivity index (χ1) is 6.74. The summed E-state index contributed by atoms with van der Waals surface area (Å²) in [6, 6.07) is 7.05. The van der Waals surface area contributed by atoms with Crippen LogP contribution in [0.4, 0.5) is 0 Å². The van der Waals surface area contributed by atoms with Gasteiger partial charge in [0.05, 0.1) is 6.10 Å². The summed E-state index contributed by atoms with van der Waals surface area (Å²) in [4.78, 5) is 0. The van der Waals surface area contributed by atoms with Crippen LogP contribution < -0.4 is 0 Å². The molecule has 1 N–H and O–H groups in total. The van der Waals surface area contributed by atoms with Gasteiger partial charge in [0.15, 0.2) is 0 Å². The van der Waals surface area contributed by atoms with Gasteiger partial charge < -0.3 is 9.84 Å². The van der Waals surface area contributed by atoms with Crippen molar-refractivity contribution in [2.75, 3.05) is 12.5 Å². The fourth-order valence-corrected chi connectivity index (χ4v) is 1.27. The van der Waals surface area contributed by atoms with Crippen molar-refractivity contribution < 1.29 is 9.84 Å². The van der Waals surface area contributed by atoms with E-state index in [1.165, 1.54) is 0 Å². The lowest BCUT2D eigenvalue weighted by atomic mass is 10.1. The van der Waals surface area contributed by atoms with Gasteiger partial charge in [0.1, 0.15) is 5.75 Å². The van der Waals surface area contributed by atoms with Gasteiger partial charge in [0.2, 0.25) is 0 Å². The number of halogens is 1. The van der Waals surface area contributed by atoms with E-state index in [0.29, 0.717) is 12.5 Å². The van der Waals surface area contributed by atoms with Crippen molar-refractivity contribution in [1.29, 1.82) is 0 Å². The highest BCUT2D eigenvalue weighted by Gasteiger charge is 2.04. The van der Waals surface area contributed by atoms with Crippen LogP contribution >= 0.6 is 11.6 Å². The quantitative estimate of drug-likeness (QED) is 0.603. The van der Waals surface area contributed by atoms with E-state index in [2.05, 4.69) is 0 Å². The Morgan fingerprint density at radius 1 is 1.36 bits per heavy atom. The fourth-order valence-electron chi connectivity index (χ4n) is 1.16. The van der Waals surface area contributed by atoms with Crippen molar-refractivity contribution in [3.8, 4) is 5.75 Å². The summed E-state index contributed by atoms with van der Waals surface area (Å²) in [6.45, 7) is 2.66. The highest BCUT2D eigenvalue weighted by atomic mass is 35.5. The lowest BCUT2D eigenvalue weighted by molar-refractivity contribution is 0.0666. The molecule has 3 heteroatoms. The van der Waals surface area contributed by atoms with Crippen LogP contribution in [0, 0.1) is 0 Å². The molecule has 0 bridgehead atoms. The number of alkyl halides is 1. The minimum atomic E-state index is 0.0545. The molecule has 0 aliphatic heterocycles. The highest BCUT2D eigenvalue weighted by Crippen LogP contribution is 2.19. The molecule has 0 spiro atoms. The molecule has 0 saturated carbocycles. The number of hydrogen-bond donors (Lipinski definition) is 1. The van der Waals surface area contributed by atoms with E-state index in [4.69, 9.17) is 21.4 Å². The van der Waals surface area contributed by atoms with Crippen LogP contribution in [0.1, 0.15) is 25.0 Å². The Bertz CT molecular complexity index is 258. The van der Waals surface area contributed by atoms with Gasteiger partial charge in [-0.05, 0) is 31.0 Å². The van der Waals surface area contributed by atoms with Gasteiger partial charge in [-0.15, -0.1) is 11.6 Å². The zero-order valence-electron chi connectivity index (χ0n) is 8.24. The maximum Gasteiger partial charge on any atom is 0.115 e. The van der Waals surface area contributed by atoms with Crippen LogP contribution in [-0.4, -0.2) is 17.6 Å². The van der Waals surface area contributed by atoms with E-state index in [1.807, 2.05) is 19.1 Å². The summed E-state index contributed by atoms with van der Waals surface area (Å²) in [5.74, 6) is 0.907. The normalized spacial score (nSPS) is 12.7. The van der Waals surface area contributed by atoms with Crippen molar-refractivity contribution in [1.82, 2.24) is 0 Å². The van der Waals surface area contributed by atoms with E-state index in [0.717, 1.165) is 12.0 Å². The van der Waals surface area contributed by atoms with Crippen LogP contribution in [0.3, 0.4) is 0 Å². The topological polar surface area (TPSA) is 29.5 Å². The molecular weight excluding hydrogens is 200 g/mol. The molecule has 0 saturated heterocycles. The maximum absolute atomic E-state index is 9.09. The Kier molecular flexibility index (Phi) is 4.77. The lowest BCUT2D eigenvalue weighted by Gasteiger charge is -2.12. The molecule has 1 aromatic carbocycles. The molecule has 0 aromatic heterocycles. The number of hydrogen-bond acceptors (Lipinski definition) is 2. The largest absolute Gasteiger partial charge is 0.508 e. The summed E-state index contributed by atoms with van der Waals surface area (Å²) in [7, 11) is 0. The van der Waals surface area contributed by atoms with Gasteiger partial charge in [0.25, 0.3) is 0 Å².